The van der Waals surface area contributed by atoms with Gasteiger partial charge in [0, 0.05) is 12.5 Å². The van der Waals surface area contributed by atoms with Crippen LogP contribution in [-0.4, -0.2) is 23.0 Å². The monoisotopic (exact) mass is 276 g/mol. The van der Waals surface area contributed by atoms with Crippen LogP contribution >= 0.6 is 12.2 Å². The van der Waals surface area contributed by atoms with E-state index in [-0.39, 0.29) is 0 Å². The summed E-state index contributed by atoms with van der Waals surface area (Å²) in [7, 11) is 0. The molecule has 1 unspecified atom stereocenters. The van der Waals surface area contributed by atoms with Crippen LogP contribution in [0.3, 0.4) is 0 Å². The molecule has 1 fully saturated rings. The topological polar surface area (TPSA) is 29.3 Å². The largest absolute Gasteiger partial charge is 0.393 e. The van der Waals surface area contributed by atoms with Crippen molar-refractivity contribution >= 4 is 17.2 Å². The van der Waals surface area contributed by atoms with Crippen LogP contribution in [0.4, 0.5) is 0 Å². The Bertz CT molecular complexity index is 383. The maximum absolute atomic E-state index is 5.81. The van der Waals surface area contributed by atoms with Crippen LogP contribution in [0.25, 0.3) is 0 Å². The minimum absolute atomic E-state index is 0.358. The lowest BCUT2D eigenvalue weighted by Crippen LogP contribution is -2.34. The first-order chi connectivity index (χ1) is 9.27. The molecule has 0 radical (unpaired) electrons. The molecule has 1 aromatic carbocycles. The molecule has 2 N–H and O–H groups in total. The van der Waals surface area contributed by atoms with Gasteiger partial charge in [0.2, 0.25) is 0 Å². The van der Waals surface area contributed by atoms with E-state index in [0.717, 1.165) is 6.42 Å². The zero-order valence-corrected chi connectivity index (χ0v) is 12.4. The molecule has 2 rings (SSSR count). The van der Waals surface area contributed by atoms with Crippen molar-refractivity contribution < 1.29 is 0 Å². The predicted octanol–water partition coefficient (Wildman–Crippen LogP) is 3.67. The smallest absolute Gasteiger partial charge is 0.0746 e. The minimum atomic E-state index is 0.358. The molecule has 0 amide bonds. The van der Waals surface area contributed by atoms with Crippen molar-refractivity contribution in [3.05, 3.63) is 35.9 Å². The number of likely N-dealkylation sites (tertiary alicyclic amines) is 1. The molecule has 1 aliphatic heterocycles. The fourth-order valence-electron chi connectivity index (χ4n) is 2.91. The zero-order chi connectivity index (χ0) is 13.5. The van der Waals surface area contributed by atoms with Crippen LogP contribution in [0, 0.1) is 0 Å². The third kappa shape index (κ3) is 4.59. The quantitative estimate of drug-likeness (QED) is 0.851. The predicted molar refractivity (Wildman–Crippen MR) is 85.2 cm³/mol. The number of thiocarbonyl (C=S) groups is 1. The van der Waals surface area contributed by atoms with Gasteiger partial charge in [-0.3, -0.25) is 4.90 Å². The van der Waals surface area contributed by atoms with E-state index in [4.69, 9.17) is 18.0 Å². The highest BCUT2D eigenvalue weighted by atomic mass is 32.1. The summed E-state index contributed by atoms with van der Waals surface area (Å²) in [4.78, 5) is 3.20. The highest BCUT2D eigenvalue weighted by Gasteiger charge is 2.21. The van der Waals surface area contributed by atoms with E-state index < -0.39 is 0 Å². The lowest BCUT2D eigenvalue weighted by atomic mass is 9.99. The van der Waals surface area contributed by atoms with Gasteiger partial charge in [-0.1, -0.05) is 61.8 Å². The second kappa shape index (κ2) is 7.61. The fourth-order valence-corrected chi connectivity index (χ4v) is 3.06. The van der Waals surface area contributed by atoms with E-state index in [2.05, 4.69) is 35.2 Å². The average Bonchev–Trinajstić information content (AvgIpc) is 2.37. The number of nitrogens with zero attached hydrogens (tertiary/aromatic N) is 1. The maximum Gasteiger partial charge on any atom is 0.0746 e. The number of hydrogen-bond acceptors (Lipinski definition) is 2. The summed E-state index contributed by atoms with van der Waals surface area (Å²) in [5, 5.41) is 0. The van der Waals surface area contributed by atoms with E-state index in [0.29, 0.717) is 11.0 Å². The summed E-state index contributed by atoms with van der Waals surface area (Å²) < 4.78 is 0. The Labute approximate surface area is 122 Å². The Balaban J connectivity index is 2.13. The molecule has 1 heterocycles. The molecule has 0 saturated carbocycles. The molecule has 1 atom stereocenters. The first-order valence-electron chi connectivity index (χ1n) is 7.34. The molecule has 104 valence electrons. The van der Waals surface area contributed by atoms with Gasteiger partial charge in [-0.05, 0) is 31.5 Å². The van der Waals surface area contributed by atoms with Crippen LogP contribution in [0.5, 0.6) is 0 Å². The summed E-state index contributed by atoms with van der Waals surface area (Å²) in [6.45, 7) is 2.34. The van der Waals surface area contributed by atoms with Crippen molar-refractivity contribution in [1.29, 1.82) is 0 Å². The van der Waals surface area contributed by atoms with Crippen LogP contribution in [0.15, 0.2) is 30.3 Å². The Morgan fingerprint density at radius 3 is 2.21 bits per heavy atom. The van der Waals surface area contributed by atoms with Crippen molar-refractivity contribution in [2.75, 3.05) is 13.1 Å². The van der Waals surface area contributed by atoms with Crippen molar-refractivity contribution in [3.63, 3.8) is 0 Å². The van der Waals surface area contributed by atoms with Crippen LogP contribution < -0.4 is 5.73 Å². The molecule has 3 heteroatoms. The summed E-state index contributed by atoms with van der Waals surface area (Å²) in [5.41, 5.74) is 7.16. The Hall–Kier alpha value is -0.930. The first-order valence-corrected chi connectivity index (χ1v) is 7.75. The van der Waals surface area contributed by atoms with Crippen molar-refractivity contribution in [1.82, 2.24) is 4.90 Å². The van der Waals surface area contributed by atoms with E-state index in [1.807, 2.05) is 0 Å². The van der Waals surface area contributed by atoms with Gasteiger partial charge in [-0.25, -0.2) is 0 Å². The summed E-state index contributed by atoms with van der Waals surface area (Å²) in [6.07, 6.45) is 7.47. The van der Waals surface area contributed by atoms with E-state index in [9.17, 15) is 0 Å². The molecule has 0 spiro atoms. The second-order valence-corrected chi connectivity index (χ2v) is 5.93. The van der Waals surface area contributed by atoms with E-state index in [1.165, 1.54) is 50.8 Å². The Morgan fingerprint density at radius 2 is 1.63 bits per heavy atom. The summed E-state index contributed by atoms with van der Waals surface area (Å²) in [5.74, 6) is 0. The van der Waals surface area contributed by atoms with Gasteiger partial charge in [0.1, 0.15) is 0 Å². The summed E-state index contributed by atoms with van der Waals surface area (Å²) >= 11 is 5.15. The van der Waals surface area contributed by atoms with Gasteiger partial charge in [-0.15, -0.1) is 0 Å². The molecular formula is C16H24N2S. The SMILES string of the molecule is NC(=S)CC(c1ccccc1)N1CCCCCCC1. The molecule has 0 aromatic heterocycles. The van der Waals surface area contributed by atoms with Gasteiger partial charge in [0.15, 0.2) is 0 Å². The average molecular weight is 276 g/mol. The molecule has 1 aliphatic rings. The molecule has 0 aliphatic carbocycles. The lowest BCUT2D eigenvalue weighted by molar-refractivity contribution is 0.183. The number of benzene rings is 1. The van der Waals surface area contributed by atoms with Crippen LogP contribution in [-0.2, 0) is 0 Å². The Kier molecular flexibility index (Phi) is 5.80. The van der Waals surface area contributed by atoms with Crippen LogP contribution in [0.2, 0.25) is 0 Å². The van der Waals surface area contributed by atoms with Crippen LogP contribution in [0.1, 0.15) is 50.1 Å². The molecule has 1 aromatic rings. The Morgan fingerprint density at radius 1 is 1.05 bits per heavy atom. The molecule has 1 saturated heterocycles. The van der Waals surface area contributed by atoms with Gasteiger partial charge in [0.25, 0.3) is 0 Å². The van der Waals surface area contributed by atoms with Crippen molar-refractivity contribution in [3.8, 4) is 0 Å². The second-order valence-electron chi connectivity index (χ2n) is 5.40. The van der Waals surface area contributed by atoms with Crippen molar-refractivity contribution in [2.45, 2.75) is 44.6 Å². The standard InChI is InChI=1S/C16H24N2S/c17-16(19)13-15(14-9-5-4-6-10-14)18-11-7-2-1-3-8-12-18/h4-6,9-10,15H,1-3,7-8,11-13H2,(H2,17,19). The zero-order valence-electron chi connectivity index (χ0n) is 11.6. The number of nitrogens with two attached hydrogens (primary N) is 1. The maximum atomic E-state index is 5.81. The molecular weight excluding hydrogens is 252 g/mol. The minimum Gasteiger partial charge on any atom is -0.393 e. The third-order valence-corrected chi connectivity index (χ3v) is 4.08. The highest BCUT2D eigenvalue weighted by Crippen LogP contribution is 2.26. The van der Waals surface area contributed by atoms with E-state index >= 15 is 0 Å². The normalized spacial score (nSPS) is 19.4. The number of rotatable bonds is 4. The molecule has 19 heavy (non-hydrogen) atoms. The summed E-state index contributed by atoms with van der Waals surface area (Å²) in [6, 6.07) is 11.0. The molecule has 2 nitrogen and oxygen atoms in total. The first kappa shape index (κ1) is 14.5. The van der Waals surface area contributed by atoms with E-state index in [1.54, 1.807) is 0 Å². The fraction of sp³-hybridized carbons (Fsp3) is 0.562. The van der Waals surface area contributed by atoms with Gasteiger partial charge in [-0.2, -0.15) is 0 Å². The van der Waals surface area contributed by atoms with Gasteiger partial charge in [0.05, 0.1) is 4.99 Å². The highest BCUT2D eigenvalue weighted by molar-refractivity contribution is 7.80. The number of hydrogen-bond donors (Lipinski definition) is 1. The van der Waals surface area contributed by atoms with Gasteiger partial charge < -0.3 is 5.73 Å². The lowest BCUT2D eigenvalue weighted by Gasteiger charge is -2.33. The van der Waals surface area contributed by atoms with Gasteiger partial charge >= 0.3 is 0 Å². The molecule has 0 bridgehead atoms. The third-order valence-electron chi connectivity index (χ3n) is 3.91. The van der Waals surface area contributed by atoms with Crippen molar-refractivity contribution in [2.24, 2.45) is 5.73 Å².